The van der Waals surface area contributed by atoms with Crippen LogP contribution in [0.4, 0.5) is 0 Å². The Morgan fingerprint density at radius 2 is 2.12 bits per heavy atom. The number of hydrogen-bond acceptors (Lipinski definition) is 6. The van der Waals surface area contributed by atoms with Crippen molar-refractivity contribution < 1.29 is 18.7 Å². The molecular formula is C23H26N4O5. The maximum atomic E-state index is 12.8. The van der Waals surface area contributed by atoms with Gasteiger partial charge in [0.25, 0.3) is 5.91 Å². The Labute approximate surface area is 184 Å². The first-order valence-electron chi connectivity index (χ1n) is 10.8. The number of carbonyl (C=O) groups excluding carboxylic acids is 1. The molecule has 0 saturated heterocycles. The monoisotopic (exact) mass is 438 g/mol. The van der Waals surface area contributed by atoms with E-state index in [1.165, 1.54) is 4.68 Å². The Morgan fingerprint density at radius 3 is 2.88 bits per heavy atom. The topological polar surface area (TPSA) is 101 Å². The Morgan fingerprint density at radius 1 is 1.28 bits per heavy atom. The van der Waals surface area contributed by atoms with Crippen molar-refractivity contribution in [3.8, 4) is 23.1 Å². The number of aromatic nitrogens is 3. The van der Waals surface area contributed by atoms with E-state index in [4.69, 9.17) is 13.9 Å². The minimum absolute atomic E-state index is 0.136. The molecule has 1 N–H and O–H groups in total. The standard InChI is InChI=1S/C23H26N4O5/c1-23(2)13-15-5-3-6-17(20(15)32-23)31-14-19(28)24-10-11-26-22(29)27(16-8-9-16)21(25-26)18-7-4-12-30-18/h3-7,12,16H,8-11,13-14H2,1-2H3,(H,24,28). The lowest BCUT2D eigenvalue weighted by Gasteiger charge is -2.18. The summed E-state index contributed by atoms with van der Waals surface area (Å²) in [5.74, 6) is 2.07. The molecule has 3 aromatic rings. The number of fused-ring (bicyclic) bond motifs is 1. The normalized spacial score (nSPS) is 16.4. The zero-order chi connectivity index (χ0) is 22.3. The maximum Gasteiger partial charge on any atom is 0.346 e. The minimum Gasteiger partial charge on any atom is -0.483 e. The van der Waals surface area contributed by atoms with Gasteiger partial charge in [0, 0.05) is 24.6 Å². The summed E-state index contributed by atoms with van der Waals surface area (Å²) in [4.78, 5) is 25.1. The van der Waals surface area contributed by atoms with Crippen molar-refractivity contribution in [2.45, 2.75) is 51.3 Å². The molecule has 9 heteroatoms. The molecule has 168 valence electrons. The molecular weight excluding hydrogens is 412 g/mol. The van der Waals surface area contributed by atoms with Crippen LogP contribution in [0.25, 0.3) is 11.6 Å². The van der Waals surface area contributed by atoms with Gasteiger partial charge in [0.1, 0.15) is 5.60 Å². The van der Waals surface area contributed by atoms with E-state index in [1.54, 1.807) is 29.0 Å². The Balaban J connectivity index is 1.18. The van der Waals surface area contributed by atoms with Crippen molar-refractivity contribution in [2.75, 3.05) is 13.2 Å². The predicted molar refractivity (Wildman–Crippen MR) is 116 cm³/mol. The van der Waals surface area contributed by atoms with Gasteiger partial charge in [-0.1, -0.05) is 12.1 Å². The average Bonchev–Trinajstić information content (AvgIpc) is 3.17. The number of ether oxygens (including phenoxy) is 2. The number of amides is 1. The SMILES string of the molecule is CC1(C)Cc2cccc(OCC(=O)NCCn3nc(-c4ccco4)n(C4CC4)c3=O)c2O1. The van der Waals surface area contributed by atoms with Gasteiger partial charge >= 0.3 is 5.69 Å². The van der Waals surface area contributed by atoms with Crippen LogP contribution in [-0.2, 0) is 17.8 Å². The van der Waals surface area contributed by atoms with Crippen molar-refractivity contribution >= 4 is 5.91 Å². The number of benzene rings is 1. The fourth-order valence-corrected chi connectivity index (χ4v) is 4.00. The first kappa shape index (κ1) is 20.4. The zero-order valence-electron chi connectivity index (χ0n) is 18.2. The molecule has 0 atom stereocenters. The summed E-state index contributed by atoms with van der Waals surface area (Å²) >= 11 is 0. The predicted octanol–water partition coefficient (Wildman–Crippen LogP) is 2.55. The van der Waals surface area contributed by atoms with Crippen molar-refractivity contribution in [2.24, 2.45) is 0 Å². The highest BCUT2D eigenvalue weighted by atomic mass is 16.5. The number of nitrogens with one attached hydrogen (secondary N) is 1. The summed E-state index contributed by atoms with van der Waals surface area (Å²) in [6.07, 6.45) is 4.27. The highest BCUT2D eigenvalue weighted by Crippen LogP contribution is 2.41. The maximum absolute atomic E-state index is 12.8. The molecule has 1 aliphatic heterocycles. The first-order chi connectivity index (χ1) is 15.4. The quantitative estimate of drug-likeness (QED) is 0.580. The van der Waals surface area contributed by atoms with Gasteiger partial charge in [0.05, 0.1) is 12.8 Å². The number of rotatable bonds is 8. The van der Waals surface area contributed by atoms with E-state index in [-0.39, 0.29) is 42.9 Å². The van der Waals surface area contributed by atoms with Crippen LogP contribution in [0.15, 0.2) is 45.8 Å². The first-order valence-corrected chi connectivity index (χ1v) is 10.8. The number of para-hydroxylation sites is 1. The molecule has 1 aromatic carbocycles. The minimum atomic E-state index is -0.282. The van der Waals surface area contributed by atoms with E-state index >= 15 is 0 Å². The number of hydrogen-bond donors (Lipinski definition) is 1. The number of nitrogens with zero attached hydrogens (tertiary/aromatic N) is 3. The van der Waals surface area contributed by atoms with Crippen LogP contribution in [0.2, 0.25) is 0 Å². The second-order valence-corrected chi connectivity index (χ2v) is 8.83. The lowest BCUT2D eigenvalue weighted by atomic mass is 10.0. The van der Waals surface area contributed by atoms with Crippen molar-refractivity contribution in [1.29, 1.82) is 0 Å². The molecule has 0 unspecified atom stereocenters. The third kappa shape index (κ3) is 4.02. The van der Waals surface area contributed by atoms with E-state index in [0.717, 1.165) is 24.8 Å². The molecule has 2 aromatic heterocycles. The summed E-state index contributed by atoms with van der Waals surface area (Å²) in [6, 6.07) is 9.43. The van der Waals surface area contributed by atoms with Gasteiger partial charge < -0.3 is 19.2 Å². The number of furan rings is 1. The van der Waals surface area contributed by atoms with E-state index < -0.39 is 0 Å². The molecule has 0 radical (unpaired) electrons. The summed E-state index contributed by atoms with van der Waals surface area (Å²) in [6.45, 7) is 4.43. The fourth-order valence-electron chi connectivity index (χ4n) is 4.00. The van der Waals surface area contributed by atoms with Gasteiger partial charge in [-0.05, 0) is 44.9 Å². The van der Waals surface area contributed by atoms with Gasteiger partial charge in [0.2, 0.25) is 5.82 Å². The molecule has 1 saturated carbocycles. The number of carbonyl (C=O) groups is 1. The summed E-state index contributed by atoms with van der Waals surface area (Å²) in [7, 11) is 0. The van der Waals surface area contributed by atoms with Gasteiger partial charge in [-0.3, -0.25) is 9.36 Å². The van der Waals surface area contributed by atoms with Gasteiger partial charge in [-0.25, -0.2) is 9.48 Å². The largest absolute Gasteiger partial charge is 0.483 e. The molecule has 5 rings (SSSR count). The van der Waals surface area contributed by atoms with Gasteiger partial charge in [-0.2, -0.15) is 0 Å². The van der Waals surface area contributed by atoms with Crippen LogP contribution in [-0.4, -0.2) is 39.0 Å². The second-order valence-electron chi connectivity index (χ2n) is 8.83. The summed E-state index contributed by atoms with van der Waals surface area (Å²) < 4.78 is 20.2. The van der Waals surface area contributed by atoms with E-state index in [0.29, 0.717) is 23.1 Å². The zero-order valence-corrected chi connectivity index (χ0v) is 18.2. The van der Waals surface area contributed by atoms with E-state index in [2.05, 4.69) is 10.4 Å². The van der Waals surface area contributed by atoms with Crippen LogP contribution in [0.5, 0.6) is 11.5 Å². The Kier molecular flexibility index (Phi) is 5.03. The van der Waals surface area contributed by atoms with E-state index in [9.17, 15) is 9.59 Å². The molecule has 2 aliphatic rings. The van der Waals surface area contributed by atoms with Crippen LogP contribution >= 0.6 is 0 Å². The lowest BCUT2D eigenvalue weighted by Crippen LogP contribution is -2.34. The fraction of sp³-hybridized carbons (Fsp3) is 0.435. The molecule has 9 nitrogen and oxygen atoms in total. The lowest BCUT2D eigenvalue weighted by molar-refractivity contribution is -0.123. The van der Waals surface area contributed by atoms with Crippen LogP contribution in [0.1, 0.15) is 38.3 Å². The highest BCUT2D eigenvalue weighted by molar-refractivity contribution is 5.77. The molecule has 0 spiro atoms. The van der Waals surface area contributed by atoms with Crippen LogP contribution in [0, 0.1) is 0 Å². The molecule has 1 fully saturated rings. The van der Waals surface area contributed by atoms with E-state index in [1.807, 2.05) is 26.0 Å². The third-order valence-electron chi connectivity index (χ3n) is 5.58. The van der Waals surface area contributed by atoms with Crippen molar-refractivity contribution in [3.05, 3.63) is 52.6 Å². The summed E-state index contributed by atoms with van der Waals surface area (Å²) in [5.41, 5.74) is 0.602. The highest BCUT2D eigenvalue weighted by Gasteiger charge is 2.33. The van der Waals surface area contributed by atoms with Crippen molar-refractivity contribution in [3.63, 3.8) is 0 Å². The van der Waals surface area contributed by atoms with Gasteiger partial charge in [-0.15, -0.1) is 5.10 Å². The third-order valence-corrected chi connectivity index (χ3v) is 5.58. The molecule has 0 bridgehead atoms. The average molecular weight is 438 g/mol. The smallest absolute Gasteiger partial charge is 0.346 e. The van der Waals surface area contributed by atoms with Crippen LogP contribution in [0.3, 0.4) is 0 Å². The summed E-state index contributed by atoms with van der Waals surface area (Å²) in [5, 5.41) is 7.21. The molecule has 32 heavy (non-hydrogen) atoms. The van der Waals surface area contributed by atoms with Gasteiger partial charge in [0.15, 0.2) is 23.9 Å². The Bertz CT molecular complexity index is 1190. The molecule has 1 aliphatic carbocycles. The molecule has 1 amide bonds. The van der Waals surface area contributed by atoms with Crippen molar-refractivity contribution in [1.82, 2.24) is 19.7 Å². The second kappa shape index (κ2) is 7.89. The van der Waals surface area contributed by atoms with Crippen LogP contribution < -0.4 is 20.5 Å². The Hall–Kier alpha value is -3.49. The molecule has 3 heterocycles.